The van der Waals surface area contributed by atoms with Crippen LogP contribution < -0.4 is 16.0 Å². The minimum atomic E-state index is -0.0905. The van der Waals surface area contributed by atoms with Crippen LogP contribution in [0.2, 0.25) is 0 Å². The van der Waals surface area contributed by atoms with Gasteiger partial charge in [0.05, 0.1) is 6.04 Å². The molecule has 1 heterocycles. The molecule has 2 rings (SSSR count). The van der Waals surface area contributed by atoms with Crippen molar-refractivity contribution in [1.29, 1.82) is 0 Å². The van der Waals surface area contributed by atoms with Gasteiger partial charge in [-0.2, -0.15) is 0 Å². The van der Waals surface area contributed by atoms with Crippen LogP contribution in [0.15, 0.2) is 24.3 Å². The van der Waals surface area contributed by atoms with Gasteiger partial charge in [-0.05, 0) is 43.5 Å². The van der Waals surface area contributed by atoms with Crippen LogP contribution in [0.4, 0.5) is 0 Å². The monoisotopic (exact) mass is 289 g/mol. The van der Waals surface area contributed by atoms with Crippen LogP contribution in [0.1, 0.15) is 35.2 Å². The van der Waals surface area contributed by atoms with Gasteiger partial charge in [0.15, 0.2) is 0 Å². The summed E-state index contributed by atoms with van der Waals surface area (Å²) in [7, 11) is 1.62. The topological polar surface area (TPSA) is 70.2 Å². The highest BCUT2D eigenvalue weighted by molar-refractivity contribution is 5.94. The van der Waals surface area contributed by atoms with Crippen molar-refractivity contribution in [2.24, 2.45) is 0 Å². The number of hydrogen-bond donors (Lipinski definition) is 3. The van der Waals surface area contributed by atoms with E-state index in [4.69, 9.17) is 0 Å². The molecule has 3 N–H and O–H groups in total. The molecule has 1 aromatic rings. The Morgan fingerprint density at radius 3 is 2.90 bits per heavy atom. The van der Waals surface area contributed by atoms with Gasteiger partial charge in [0.2, 0.25) is 5.91 Å². The second-order valence-electron chi connectivity index (χ2n) is 5.32. The number of nitrogens with one attached hydrogen (secondary N) is 3. The maximum atomic E-state index is 12.0. The van der Waals surface area contributed by atoms with Crippen LogP contribution in [0.3, 0.4) is 0 Å². The zero-order chi connectivity index (χ0) is 15.1. The predicted molar refractivity (Wildman–Crippen MR) is 82.2 cm³/mol. The standard InChI is InChI=1S/C16H23N3O2/c1-17-15(20)13-6-4-5-12(11-13)8-10-19-16(21)14-7-2-3-9-18-14/h4-6,11,14,18H,2-3,7-10H2,1H3,(H,17,20)(H,19,21). The van der Waals surface area contributed by atoms with E-state index in [0.29, 0.717) is 12.1 Å². The van der Waals surface area contributed by atoms with Crippen LogP contribution in [-0.2, 0) is 11.2 Å². The minimum Gasteiger partial charge on any atom is -0.355 e. The van der Waals surface area contributed by atoms with E-state index in [0.717, 1.165) is 37.8 Å². The van der Waals surface area contributed by atoms with Gasteiger partial charge >= 0.3 is 0 Å². The molecule has 5 heteroatoms. The first kappa shape index (κ1) is 15.5. The summed E-state index contributed by atoms with van der Waals surface area (Å²) >= 11 is 0. The molecule has 1 unspecified atom stereocenters. The van der Waals surface area contributed by atoms with E-state index in [1.54, 1.807) is 13.1 Å². The van der Waals surface area contributed by atoms with Crippen molar-refractivity contribution in [1.82, 2.24) is 16.0 Å². The fraction of sp³-hybridized carbons (Fsp3) is 0.500. The molecule has 0 aromatic heterocycles. The molecular weight excluding hydrogens is 266 g/mol. The second kappa shape index (κ2) is 7.78. The highest BCUT2D eigenvalue weighted by Gasteiger charge is 2.19. The fourth-order valence-electron chi connectivity index (χ4n) is 2.54. The quantitative estimate of drug-likeness (QED) is 0.752. The highest BCUT2D eigenvalue weighted by atomic mass is 16.2. The Morgan fingerprint density at radius 1 is 1.33 bits per heavy atom. The molecule has 5 nitrogen and oxygen atoms in total. The lowest BCUT2D eigenvalue weighted by Gasteiger charge is -2.22. The van der Waals surface area contributed by atoms with E-state index < -0.39 is 0 Å². The molecule has 0 saturated carbocycles. The Labute approximate surface area is 125 Å². The fourth-order valence-corrected chi connectivity index (χ4v) is 2.54. The largest absolute Gasteiger partial charge is 0.355 e. The number of carbonyl (C=O) groups excluding carboxylic acids is 2. The smallest absolute Gasteiger partial charge is 0.251 e. The molecule has 1 atom stereocenters. The van der Waals surface area contributed by atoms with Crippen molar-refractivity contribution in [2.45, 2.75) is 31.7 Å². The average molecular weight is 289 g/mol. The van der Waals surface area contributed by atoms with Gasteiger partial charge in [-0.15, -0.1) is 0 Å². The molecule has 0 radical (unpaired) electrons. The first-order chi connectivity index (χ1) is 10.2. The molecule has 1 saturated heterocycles. The highest BCUT2D eigenvalue weighted by Crippen LogP contribution is 2.08. The molecule has 114 valence electrons. The number of benzene rings is 1. The first-order valence-electron chi connectivity index (χ1n) is 7.53. The maximum Gasteiger partial charge on any atom is 0.251 e. The van der Waals surface area contributed by atoms with Gasteiger partial charge in [-0.3, -0.25) is 9.59 Å². The summed E-state index contributed by atoms with van der Waals surface area (Å²) < 4.78 is 0. The van der Waals surface area contributed by atoms with E-state index in [-0.39, 0.29) is 17.9 Å². The summed E-state index contributed by atoms with van der Waals surface area (Å²) in [5.41, 5.74) is 1.70. The summed E-state index contributed by atoms with van der Waals surface area (Å²) in [6.07, 6.45) is 3.90. The van der Waals surface area contributed by atoms with Gasteiger partial charge in [0.1, 0.15) is 0 Å². The molecular formula is C16H23N3O2. The maximum absolute atomic E-state index is 12.0. The SMILES string of the molecule is CNC(=O)c1cccc(CCNC(=O)C2CCCCN2)c1. The summed E-state index contributed by atoms with van der Waals surface area (Å²) in [6, 6.07) is 7.44. The number of hydrogen-bond acceptors (Lipinski definition) is 3. The zero-order valence-corrected chi connectivity index (χ0v) is 12.4. The summed E-state index contributed by atoms with van der Waals surface area (Å²) in [4.78, 5) is 23.5. The van der Waals surface area contributed by atoms with E-state index in [1.165, 1.54) is 0 Å². The molecule has 1 aliphatic heterocycles. The Kier molecular flexibility index (Phi) is 5.75. The molecule has 1 aromatic carbocycles. The predicted octanol–water partition coefficient (Wildman–Crippen LogP) is 0.847. The van der Waals surface area contributed by atoms with Crippen LogP contribution in [-0.4, -0.2) is 38.0 Å². The zero-order valence-electron chi connectivity index (χ0n) is 12.4. The Balaban J connectivity index is 1.80. The number of amides is 2. The lowest BCUT2D eigenvalue weighted by atomic mass is 10.0. The summed E-state index contributed by atoms with van der Waals surface area (Å²) in [6.45, 7) is 1.51. The molecule has 2 amide bonds. The lowest BCUT2D eigenvalue weighted by molar-refractivity contribution is -0.123. The molecule has 1 fully saturated rings. The minimum absolute atomic E-state index is 0.0454. The van der Waals surface area contributed by atoms with Crippen molar-refractivity contribution in [3.05, 3.63) is 35.4 Å². The third kappa shape index (κ3) is 4.56. The van der Waals surface area contributed by atoms with Crippen molar-refractivity contribution in [2.75, 3.05) is 20.1 Å². The van der Waals surface area contributed by atoms with Crippen molar-refractivity contribution >= 4 is 11.8 Å². The lowest BCUT2D eigenvalue weighted by Crippen LogP contribution is -2.47. The van der Waals surface area contributed by atoms with Crippen LogP contribution >= 0.6 is 0 Å². The van der Waals surface area contributed by atoms with E-state index in [9.17, 15) is 9.59 Å². The van der Waals surface area contributed by atoms with E-state index in [2.05, 4.69) is 16.0 Å². The van der Waals surface area contributed by atoms with E-state index >= 15 is 0 Å². The van der Waals surface area contributed by atoms with Gasteiger partial charge < -0.3 is 16.0 Å². The van der Waals surface area contributed by atoms with Crippen molar-refractivity contribution < 1.29 is 9.59 Å². The van der Waals surface area contributed by atoms with Crippen molar-refractivity contribution in [3.63, 3.8) is 0 Å². The average Bonchev–Trinajstić information content (AvgIpc) is 2.55. The third-order valence-corrected chi connectivity index (χ3v) is 3.76. The van der Waals surface area contributed by atoms with Gasteiger partial charge in [0.25, 0.3) is 5.91 Å². The molecule has 0 bridgehead atoms. The first-order valence-corrected chi connectivity index (χ1v) is 7.53. The van der Waals surface area contributed by atoms with Crippen LogP contribution in [0, 0.1) is 0 Å². The Morgan fingerprint density at radius 2 is 2.19 bits per heavy atom. The molecule has 0 spiro atoms. The summed E-state index contributed by atoms with van der Waals surface area (Å²) in [5, 5.41) is 8.80. The van der Waals surface area contributed by atoms with Gasteiger partial charge in [-0.25, -0.2) is 0 Å². The van der Waals surface area contributed by atoms with Gasteiger partial charge in [-0.1, -0.05) is 18.6 Å². The summed E-state index contributed by atoms with van der Waals surface area (Å²) in [5.74, 6) is -0.00977. The normalized spacial score (nSPS) is 18.0. The number of carbonyl (C=O) groups is 2. The van der Waals surface area contributed by atoms with Crippen molar-refractivity contribution in [3.8, 4) is 0 Å². The number of piperidine rings is 1. The molecule has 21 heavy (non-hydrogen) atoms. The van der Waals surface area contributed by atoms with Crippen LogP contribution in [0.5, 0.6) is 0 Å². The third-order valence-electron chi connectivity index (χ3n) is 3.76. The molecule has 0 aliphatic carbocycles. The molecule has 1 aliphatic rings. The van der Waals surface area contributed by atoms with E-state index in [1.807, 2.05) is 18.2 Å². The van der Waals surface area contributed by atoms with Gasteiger partial charge in [0, 0.05) is 19.2 Å². The van der Waals surface area contributed by atoms with Crippen LogP contribution in [0.25, 0.3) is 0 Å². The Hall–Kier alpha value is -1.88. The Bertz CT molecular complexity index is 496. The second-order valence-corrected chi connectivity index (χ2v) is 5.32. The number of rotatable bonds is 5.